The minimum Gasteiger partial charge on any atom is -0.494 e. The number of carbonyl (C=O) groups excluding carboxylic acids is 1. The number of halogens is 2. The summed E-state index contributed by atoms with van der Waals surface area (Å²) in [5.41, 5.74) is 7.51. The number of likely N-dealkylation sites (tertiary alicyclic amines) is 1. The zero-order valence-corrected chi connectivity index (χ0v) is 18.0. The predicted octanol–water partition coefficient (Wildman–Crippen LogP) is 4.25. The monoisotopic (exact) mass is 431 g/mol. The van der Waals surface area contributed by atoms with Crippen LogP contribution in [0.15, 0.2) is 29.6 Å². The number of nitrogens with zero attached hydrogens (tertiary/aromatic N) is 2. The maximum atomic E-state index is 12.7. The van der Waals surface area contributed by atoms with E-state index in [-0.39, 0.29) is 36.8 Å². The fraction of sp³-hybridized carbons (Fsp3) is 0.474. The van der Waals surface area contributed by atoms with Crippen molar-refractivity contribution in [2.45, 2.75) is 32.7 Å². The average molecular weight is 432 g/mol. The number of rotatable bonds is 5. The lowest BCUT2D eigenvalue weighted by atomic mass is 9.91. The van der Waals surface area contributed by atoms with E-state index in [0.717, 1.165) is 42.3 Å². The summed E-state index contributed by atoms with van der Waals surface area (Å²) in [6.07, 6.45) is 1.94. The van der Waals surface area contributed by atoms with Crippen LogP contribution in [0.25, 0.3) is 10.6 Å². The first-order chi connectivity index (χ1) is 12.1. The summed E-state index contributed by atoms with van der Waals surface area (Å²) in [5, 5.41) is 2.71. The van der Waals surface area contributed by atoms with Gasteiger partial charge in [-0.3, -0.25) is 4.79 Å². The van der Waals surface area contributed by atoms with Crippen LogP contribution in [-0.2, 0) is 0 Å². The van der Waals surface area contributed by atoms with Gasteiger partial charge in [0.1, 0.15) is 16.5 Å². The van der Waals surface area contributed by atoms with Crippen LogP contribution in [0.1, 0.15) is 37.2 Å². The molecule has 0 bridgehead atoms. The quantitative estimate of drug-likeness (QED) is 0.767. The van der Waals surface area contributed by atoms with Crippen molar-refractivity contribution < 1.29 is 9.53 Å². The molecule has 1 amide bonds. The second-order valence-electron chi connectivity index (χ2n) is 6.48. The van der Waals surface area contributed by atoms with Gasteiger partial charge in [0, 0.05) is 30.1 Å². The van der Waals surface area contributed by atoms with Crippen molar-refractivity contribution >= 4 is 42.1 Å². The Morgan fingerprint density at radius 2 is 1.93 bits per heavy atom. The highest BCUT2D eigenvalue weighted by Crippen LogP contribution is 2.27. The van der Waals surface area contributed by atoms with Crippen LogP contribution in [0.3, 0.4) is 0 Å². The SMILES string of the molecule is CCOc1ccc(-c2nc(C(=O)N3CCC(C(C)N)CC3)cs2)cc1.Cl.Cl. The van der Waals surface area contributed by atoms with E-state index in [2.05, 4.69) is 4.98 Å². The predicted molar refractivity (Wildman–Crippen MR) is 115 cm³/mol. The zero-order chi connectivity index (χ0) is 17.8. The smallest absolute Gasteiger partial charge is 0.273 e. The van der Waals surface area contributed by atoms with Gasteiger partial charge < -0.3 is 15.4 Å². The lowest BCUT2D eigenvalue weighted by Gasteiger charge is -2.33. The van der Waals surface area contributed by atoms with Crippen LogP contribution in [0.4, 0.5) is 0 Å². The molecule has 2 heterocycles. The Hall–Kier alpha value is -1.34. The molecule has 1 aromatic carbocycles. The van der Waals surface area contributed by atoms with E-state index in [1.165, 1.54) is 11.3 Å². The van der Waals surface area contributed by atoms with Crippen LogP contribution in [0.2, 0.25) is 0 Å². The minimum atomic E-state index is 0. The van der Waals surface area contributed by atoms with E-state index >= 15 is 0 Å². The number of piperidine rings is 1. The van der Waals surface area contributed by atoms with Crippen molar-refractivity contribution in [1.82, 2.24) is 9.88 Å². The van der Waals surface area contributed by atoms with Gasteiger partial charge in [-0.05, 0) is 56.9 Å². The molecule has 1 saturated heterocycles. The van der Waals surface area contributed by atoms with Crippen LogP contribution >= 0.6 is 36.2 Å². The molecule has 1 aliphatic rings. The lowest BCUT2D eigenvalue weighted by molar-refractivity contribution is 0.0676. The third-order valence-corrected chi connectivity index (χ3v) is 5.60. The number of hydrogen-bond acceptors (Lipinski definition) is 5. The molecule has 0 aliphatic carbocycles. The van der Waals surface area contributed by atoms with Crippen LogP contribution in [0, 0.1) is 5.92 Å². The van der Waals surface area contributed by atoms with Gasteiger partial charge in [-0.15, -0.1) is 36.2 Å². The molecule has 2 aromatic rings. The van der Waals surface area contributed by atoms with Gasteiger partial charge in [0.15, 0.2) is 0 Å². The van der Waals surface area contributed by atoms with E-state index in [4.69, 9.17) is 10.5 Å². The molecular weight excluding hydrogens is 405 g/mol. The van der Waals surface area contributed by atoms with E-state index in [1.54, 1.807) is 0 Å². The molecule has 2 N–H and O–H groups in total. The van der Waals surface area contributed by atoms with Crippen molar-refractivity contribution in [2.75, 3.05) is 19.7 Å². The Bertz CT molecular complexity index is 714. The van der Waals surface area contributed by atoms with E-state index in [0.29, 0.717) is 18.2 Å². The largest absolute Gasteiger partial charge is 0.494 e. The highest BCUT2D eigenvalue weighted by Gasteiger charge is 2.26. The summed E-state index contributed by atoms with van der Waals surface area (Å²) < 4.78 is 5.46. The Labute approximate surface area is 177 Å². The molecule has 0 saturated carbocycles. The van der Waals surface area contributed by atoms with Crippen molar-refractivity contribution in [2.24, 2.45) is 11.7 Å². The molecule has 1 aliphatic heterocycles. The molecule has 1 unspecified atom stereocenters. The molecule has 1 fully saturated rings. The summed E-state index contributed by atoms with van der Waals surface area (Å²) in [7, 11) is 0. The number of hydrogen-bond donors (Lipinski definition) is 1. The number of carbonyl (C=O) groups is 1. The first-order valence-corrected chi connectivity index (χ1v) is 9.70. The lowest BCUT2D eigenvalue weighted by Crippen LogP contribution is -2.42. The first-order valence-electron chi connectivity index (χ1n) is 8.82. The van der Waals surface area contributed by atoms with Gasteiger partial charge in [-0.2, -0.15) is 0 Å². The molecular formula is C19H27Cl2N3O2S. The average Bonchev–Trinajstić information content (AvgIpc) is 3.12. The number of nitrogens with two attached hydrogens (primary N) is 1. The summed E-state index contributed by atoms with van der Waals surface area (Å²) >= 11 is 1.50. The van der Waals surface area contributed by atoms with E-state index in [9.17, 15) is 4.79 Å². The molecule has 0 radical (unpaired) electrons. The summed E-state index contributed by atoms with van der Waals surface area (Å²) in [5.74, 6) is 1.38. The molecule has 5 nitrogen and oxygen atoms in total. The van der Waals surface area contributed by atoms with Gasteiger partial charge in [-0.1, -0.05) is 0 Å². The summed E-state index contributed by atoms with van der Waals surface area (Å²) in [4.78, 5) is 19.1. The molecule has 1 atom stereocenters. The molecule has 150 valence electrons. The third-order valence-electron chi connectivity index (χ3n) is 4.71. The molecule has 3 rings (SSSR count). The van der Waals surface area contributed by atoms with Gasteiger partial charge in [0.05, 0.1) is 6.61 Å². The van der Waals surface area contributed by atoms with Gasteiger partial charge in [-0.25, -0.2) is 4.98 Å². The van der Waals surface area contributed by atoms with Crippen molar-refractivity contribution in [1.29, 1.82) is 0 Å². The number of ether oxygens (including phenoxy) is 1. The van der Waals surface area contributed by atoms with Crippen LogP contribution < -0.4 is 10.5 Å². The second kappa shape index (κ2) is 10.9. The maximum Gasteiger partial charge on any atom is 0.273 e. The topological polar surface area (TPSA) is 68.5 Å². The van der Waals surface area contributed by atoms with E-state index < -0.39 is 0 Å². The third kappa shape index (κ3) is 5.82. The van der Waals surface area contributed by atoms with Gasteiger partial charge >= 0.3 is 0 Å². The van der Waals surface area contributed by atoms with Crippen molar-refractivity contribution in [3.05, 3.63) is 35.3 Å². The molecule has 27 heavy (non-hydrogen) atoms. The number of aromatic nitrogens is 1. The molecule has 8 heteroatoms. The highest BCUT2D eigenvalue weighted by atomic mass is 35.5. The number of benzene rings is 1. The number of amides is 1. The minimum absolute atomic E-state index is 0. The molecule has 0 spiro atoms. The normalized spacial score (nSPS) is 15.4. The van der Waals surface area contributed by atoms with Crippen LogP contribution in [-0.4, -0.2) is 41.5 Å². The first kappa shape index (κ1) is 23.7. The Kier molecular flexibility index (Phi) is 9.53. The Morgan fingerprint density at radius 3 is 2.48 bits per heavy atom. The fourth-order valence-electron chi connectivity index (χ4n) is 3.16. The molecule has 1 aromatic heterocycles. The van der Waals surface area contributed by atoms with Gasteiger partial charge in [0.25, 0.3) is 5.91 Å². The summed E-state index contributed by atoms with van der Waals surface area (Å²) in [6, 6.07) is 8.02. The van der Waals surface area contributed by atoms with Crippen molar-refractivity contribution in [3.63, 3.8) is 0 Å². The number of thiazole rings is 1. The van der Waals surface area contributed by atoms with Crippen molar-refractivity contribution in [3.8, 4) is 16.3 Å². The Morgan fingerprint density at radius 1 is 1.30 bits per heavy atom. The fourth-order valence-corrected chi connectivity index (χ4v) is 3.96. The van der Waals surface area contributed by atoms with E-state index in [1.807, 2.05) is 48.4 Å². The standard InChI is InChI=1S/C19H25N3O2S.2ClH/c1-3-24-16-6-4-15(5-7-16)18-21-17(12-25-18)19(23)22-10-8-14(9-11-22)13(2)20;;/h4-7,12-14H,3,8-11,20H2,1-2H3;2*1H. The highest BCUT2D eigenvalue weighted by molar-refractivity contribution is 7.13. The van der Waals surface area contributed by atoms with Gasteiger partial charge in [0.2, 0.25) is 0 Å². The van der Waals surface area contributed by atoms with Crippen LogP contribution in [0.5, 0.6) is 5.75 Å². The zero-order valence-electron chi connectivity index (χ0n) is 15.6. The summed E-state index contributed by atoms with van der Waals surface area (Å²) in [6.45, 7) is 6.19. The second-order valence-corrected chi connectivity index (χ2v) is 7.34. The maximum absolute atomic E-state index is 12.7. The Balaban J connectivity index is 0.00000182.